The summed E-state index contributed by atoms with van der Waals surface area (Å²) in [6.45, 7) is 9.26. The Balaban J connectivity index is 1.15. The number of hydrogen-bond acceptors (Lipinski definition) is 10. The lowest BCUT2D eigenvalue weighted by atomic mass is 9.46. The van der Waals surface area contributed by atoms with Crippen LogP contribution in [0.3, 0.4) is 0 Å². The van der Waals surface area contributed by atoms with Gasteiger partial charge in [-0.2, -0.15) is 0 Å². The van der Waals surface area contributed by atoms with Crippen LogP contribution in [0, 0.1) is 46.3 Å². The molecule has 0 aromatic carbocycles. The molecule has 0 aromatic heterocycles. The van der Waals surface area contributed by atoms with Crippen LogP contribution in [0.1, 0.15) is 79.1 Å². The first kappa shape index (κ1) is 31.9. The predicted molar refractivity (Wildman–Crippen MR) is 154 cm³/mol. The zero-order valence-corrected chi connectivity index (χ0v) is 26.0. The Morgan fingerprint density at radius 1 is 1.09 bits per heavy atom. The summed E-state index contributed by atoms with van der Waals surface area (Å²) in [6, 6.07) is 0. The fraction of sp³-hybridized carbons (Fsp3) is 0.909. The smallest absolute Gasteiger partial charge is 0.338 e. The Morgan fingerprint density at radius 3 is 2.51 bits per heavy atom. The van der Waals surface area contributed by atoms with E-state index in [1.807, 2.05) is 0 Å². The second-order valence-electron chi connectivity index (χ2n) is 15.4. The summed E-state index contributed by atoms with van der Waals surface area (Å²) >= 11 is 0. The molecule has 6 N–H and O–H groups in total. The molecule has 2 saturated heterocycles. The molecule has 6 rings (SSSR count). The Hall–Kier alpha value is -1.11. The first-order valence-electron chi connectivity index (χ1n) is 16.5. The second-order valence-corrected chi connectivity index (χ2v) is 15.4. The molecule has 43 heavy (non-hydrogen) atoms. The number of allylic oxidation sites excluding steroid dienone is 1. The van der Waals surface area contributed by atoms with Gasteiger partial charge in [-0.25, -0.2) is 4.79 Å². The normalized spacial score (nSPS) is 50.0. The summed E-state index contributed by atoms with van der Waals surface area (Å²) < 4.78 is 18.8. The zero-order valence-electron chi connectivity index (χ0n) is 26.0. The van der Waals surface area contributed by atoms with Gasteiger partial charge in [0, 0.05) is 18.8 Å². The quantitative estimate of drug-likeness (QED) is 0.193. The molecule has 0 amide bonds. The predicted octanol–water partition coefficient (Wildman–Crippen LogP) is 1.67. The summed E-state index contributed by atoms with van der Waals surface area (Å²) in [7, 11) is 0. The van der Waals surface area contributed by atoms with E-state index in [0.29, 0.717) is 48.3 Å². The molecule has 5 fully saturated rings. The third-order valence-electron chi connectivity index (χ3n) is 13.1. The van der Waals surface area contributed by atoms with Gasteiger partial charge >= 0.3 is 5.97 Å². The largest absolute Gasteiger partial charge is 0.457 e. The number of carbonyl (C=O) groups is 1. The van der Waals surface area contributed by atoms with Crippen LogP contribution in [0.2, 0.25) is 0 Å². The van der Waals surface area contributed by atoms with Crippen molar-refractivity contribution < 1.29 is 49.6 Å². The van der Waals surface area contributed by atoms with Gasteiger partial charge in [0.05, 0.1) is 25.4 Å². The Morgan fingerprint density at radius 2 is 1.84 bits per heavy atom. The van der Waals surface area contributed by atoms with Crippen molar-refractivity contribution in [1.29, 1.82) is 0 Å². The first-order valence-corrected chi connectivity index (χ1v) is 16.5. The lowest BCUT2D eigenvalue weighted by Crippen LogP contribution is -2.55. The van der Waals surface area contributed by atoms with Crippen LogP contribution in [0.5, 0.6) is 0 Å². The van der Waals surface area contributed by atoms with E-state index < -0.39 is 55.0 Å². The van der Waals surface area contributed by atoms with Crippen molar-refractivity contribution in [2.75, 3.05) is 13.2 Å². The highest BCUT2D eigenvalue weighted by Crippen LogP contribution is 2.70. The van der Waals surface area contributed by atoms with Gasteiger partial charge in [0.25, 0.3) is 0 Å². The molecule has 6 aliphatic rings. The second kappa shape index (κ2) is 11.3. The fourth-order valence-corrected chi connectivity index (χ4v) is 10.7. The van der Waals surface area contributed by atoms with Crippen LogP contribution in [0.15, 0.2) is 11.6 Å². The molecule has 10 nitrogen and oxygen atoms in total. The molecule has 1 spiro atoms. The van der Waals surface area contributed by atoms with E-state index in [2.05, 4.69) is 33.8 Å². The average Bonchev–Trinajstić information content (AvgIpc) is 3.42. The van der Waals surface area contributed by atoms with E-state index in [0.717, 1.165) is 50.7 Å². The number of aliphatic hydroxyl groups is 6. The fourth-order valence-electron chi connectivity index (χ4n) is 10.7. The lowest BCUT2D eigenvalue weighted by molar-refractivity contribution is -0.272. The van der Waals surface area contributed by atoms with Crippen LogP contribution >= 0.6 is 0 Å². The van der Waals surface area contributed by atoms with Crippen LogP contribution in [0.4, 0.5) is 0 Å². The number of aliphatic hydroxyl groups excluding tert-OH is 6. The van der Waals surface area contributed by atoms with E-state index in [1.54, 1.807) is 0 Å². The molecule has 4 aliphatic carbocycles. The topological polar surface area (TPSA) is 166 Å². The number of esters is 1. The summed E-state index contributed by atoms with van der Waals surface area (Å²) in [5.74, 6) is 1.21. The van der Waals surface area contributed by atoms with Crippen molar-refractivity contribution >= 4 is 5.97 Å². The average molecular weight is 609 g/mol. The maximum atomic E-state index is 12.7. The van der Waals surface area contributed by atoms with E-state index >= 15 is 0 Å². The highest BCUT2D eigenvalue weighted by molar-refractivity contribution is 5.75. The van der Waals surface area contributed by atoms with Crippen molar-refractivity contribution in [2.45, 2.75) is 128 Å². The maximum absolute atomic E-state index is 12.7. The minimum atomic E-state index is -2.13. The maximum Gasteiger partial charge on any atom is 0.338 e. The highest BCUT2D eigenvalue weighted by Gasteiger charge is 2.69. The summed E-state index contributed by atoms with van der Waals surface area (Å²) in [5, 5.41) is 60.0. The van der Waals surface area contributed by atoms with Gasteiger partial charge in [0.2, 0.25) is 0 Å². The molecule has 0 aromatic rings. The molecule has 2 heterocycles. The molecular formula is C33H52O10. The van der Waals surface area contributed by atoms with Gasteiger partial charge in [-0.1, -0.05) is 39.3 Å². The number of carbonyl (C=O) groups excluding carboxylic acids is 1. The zero-order chi connectivity index (χ0) is 31.1. The molecule has 0 radical (unpaired) electrons. The van der Waals surface area contributed by atoms with Crippen molar-refractivity contribution in [1.82, 2.24) is 0 Å². The van der Waals surface area contributed by atoms with E-state index in [9.17, 15) is 30.3 Å². The van der Waals surface area contributed by atoms with Gasteiger partial charge in [-0.3, -0.25) is 0 Å². The van der Waals surface area contributed by atoms with Crippen molar-refractivity contribution in [3.63, 3.8) is 0 Å². The number of rotatable bonds is 6. The van der Waals surface area contributed by atoms with E-state index in [1.165, 1.54) is 0 Å². The number of fused-ring (bicyclic) bond motifs is 7. The Kier molecular flexibility index (Phi) is 8.37. The molecule has 3 saturated carbocycles. The van der Waals surface area contributed by atoms with Crippen molar-refractivity contribution in [2.24, 2.45) is 46.3 Å². The van der Waals surface area contributed by atoms with Crippen LogP contribution < -0.4 is 0 Å². The van der Waals surface area contributed by atoms with Gasteiger partial charge in [-0.15, -0.1) is 0 Å². The van der Waals surface area contributed by atoms with Gasteiger partial charge in [0.1, 0.15) is 24.4 Å². The van der Waals surface area contributed by atoms with Crippen LogP contribution in [-0.2, 0) is 19.0 Å². The standard InChI is InChI=1S/C33H52O10/c1-16-7-10-33(41-15-16)17(2)26-25(43-33)12-21-19-6-5-18-11-24(42-30(40)29(39)28(38)27(37)23(36)14-34)22(35)13-32(18,4)20(19)8-9-31(21,26)3/h5,16-17,19-29,34-39H,6-15H2,1-4H3/t16-,17+,19-,20+,21+,22-,23-,24-,25+,26+,27+,28+,29-,31+,32+,33-/m1/s1. The molecule has 2 aliphatic heterocycles. The minimum absolute atomic E-state index is 0.180. The number of hydrogen-bond donors (Lipinski definition) is 6. The van der Waals surface area contributed by atoms with E-state index in [-0.39, 0.29) is 16.9 Å². The molecular weight excluding hydrogens is 556 g/mol. The Bertz CT molecular complexity index is 1090. The third kappa shape index (κ3) is 4.94. The molecule has 244 valence electrons. The van der Waals surface area contributed by atoms with E-state index in [4.69, 9.17) is 19.3 Å². The molecule has 16 atom stereocenters. The van der Waals surface area contributed by atoms with Crippen molar-refractivity contribution in [3.8, 4) is 0 Å². The lowest BCUT2D eigenvalue weighted by Gasteiger charge is -2.59. The summed E-state index contributed by atoms with van der Waals surface area (Å²) in [4.78, 5) is 12.7. The van der Waals surface area contributed by atoms with Crippen LogP contribution in [-0.4, -0.2) is 98.3 Å². The molecule has 0 unspecified atom stereocenters. The molecule has 10 heteroatoms. The Labute approximate surface area is 254 Å². The molecule has 0 bridgehead atoms. The first-order chi connectivity index (χ1) is 20.3. The van der Waals surface area contributed by atoms with Gasteiger partial charge < -0.3 is 44.8 Å². The minimum Gasteiger partial charge on any atom is -0.457 e. The van der Waals surface area contributed by atoms with Crippen LogP contribution in [0.25, 0.3) is 0 Å². The van der Waals surface area contributed by atoms with Crippen molar-refractivity contribution in [3.05, 3.63) is 11.6 Å². The summed E-state index contributed by atoms with van der Waals surface area (Å²) in [5.41, 5.74) is 1.11. The number of ether oxygens (including phenoxy) is 3. The SMILES string of the molecule is C[C@@H]1CC[C@@]2(OC1)O[C@H]1C[C@H]3[C@@H]4CC=C5C[C@@H](OC(=O)[C@H](O)[C@@H](O)[C@@H](O)[C@H](O)CO)[C@H](O)C[C@]5(C)[C@H]4CC[C@]3(C)[C@H]1[C@@H]2C. The van der Waals surface area contributed by atoms with Gasteiger partial charge in [-0.05, 0) is 78.9 Å². The third-order valence-corrected chi connectivity index (χ3v) is 13.1. The van der Waals surface area contributed by atoms with Gasteiger partial charge in [0.15, 0.2) is 11.9 Å². The monoisotopic (exact) mass is 608 g/mol. The highest BCUT2D eigenvalue weighted by atomic mass is 16.7. The summed E-state index contributed by atoms with van der Waals surface area (Å²) in [6.07, 6.45) is -0.124.